The summed E-state index contributed by atoms with van der Waals surface area (Å²) in [5, 5.41) is 9.23. The van der Waals surface area contributed by atoms with Crippen LogP contribution >= 0.6 is 0 Å². The third-order valence-corrected chi connectivity index (χ3v) is 8.11. The van der Waals surface area contributed by atoms with Crippen LogP contribution < -0.4 is 24.8 Å². The van der Waals surface area contributed by atoms with E-state index in [0.29, 0.717) is 48.9 Å². The number of amides is 1. The van der Waals surface area contributed by atoms with Gasteiger partial charge in [0, 0.05) is 43.7 Å². The predicted octanol–water partition coefficient (Wildman–Crippen LogP) is 6.35. The monoisotopic (exact) mass is 661 g/mol. The number of anilines is 2. The molecule has 5 rings (SSSR count). The molecule has 244 valence electrons. The molecule has 0 atom stereocenters. The fourth-order valence-electron chi connectivity index (χ4n) is 5.13. The van der Waals surface area contributed by atoms with Crippen LogP contribution in [0.4, 0.5) is 11.4 Å². The minimum absolute atomic E-state index is 0.227. The number of nitrogens with zero attached hydrogens (tertiary/aromatic N) is 3. The van der Waals surface area contributed by atoms with E-state index in [1.165, 1.54) is 0 Å². The second-order valence-electron chi connectivity index (χ2n) is 11.2. The van der Waals surface area contributed by atoms with Crippen molar-refractivity contribution in [3.05, 3.63) is 143 Å². The molecule has 48 heavy (non-hydrogen) atoms. The molecule has 10 nitrogen and oxygen atoms in total. The fraction of sp³-hybridized carbons (Fsp3) is 0.162. The largest absolute Gasteiger partial charge is 0.493 e. The Morgan fingerprint density at radius 3 is 2.23 bits per heavy atom. The SMILES string of the molecule is Cc1c(NS(C)(=O)=O)cccc1N(Cc1ccc(C#N)cc1)Cc1ccc(Oc2cc(OCCc3cccnc3)ccc2C(N)=O)cc1. The predicted molar refractivity (Wildman–Crippen MR) is 186 cm³/mol. The zero-order valence-electron chi connectivity index (χ0n) is 26.6. The van der Waals surface area contributed by atoms with Crippen molar-refractivity contribution in [2.75, 3.05) is 22.5 Å². The summed E-state index contributed by atoms with van der Waals surface area (Å²) in [6.45, 7) is 3.28. The number of sulfonamides is 1. The summed E-state index contributed by atoms with van der Waals surface area (Å²) in [6.07, 6.45) is 5.30. The lowest BCUT2D eigenvalue weighted by Crippen LogP contribution is -2.23. The number of primary amides is 1. The maximum Gasteiger partial charge on any atom is 0.252 e. The van der Waals surface area contributed by atoms with Gasteiger partial charge < -0.3 is 20.1 Å². The van der Waals surface area contributed by atoms with Crippen molar-refractivity contribution in [3.8, 4) is 23.3 Å². The van der Waals surface area contributed by atoms with Gasteiger partial charge in [0.1, 0.15) is 17.2 Å². The minimum atomic E-state index is -3.48. The average Bonchev–Trinajstić information content (AvgIpc) is 3.06. The van der Waals surface area contributed by atoms with Crippen LogP contribution in [0.5, 0.6) is 17.2 Å². The van der Waals surface area contributed by atoms with Gasteiger partial charge in [-0.1, -0.05) is 36.4 Å². The van der Waals surface area contributed by atoms with Crippen molar-refractivity contribution >= 4 is 27.3 Å². The first kappa shape index (κ1) is 33.5. The Balaban J connectivity index is 1.35. The van der Waals surface area contributed by atoms with Gasteiger partial charge in [-0.3, -0.25) is 14.5 Å². The zero-order chi connectivity index (χ0) is 34.1. The van der Waals surface area contributed by atoms with Crippen LogP contribution in [0.1, 0.15) is 38.2 Å². The number of ether oxygens (including phenoxy) is 2. The second-order valence-corrected chi connectivity index (χ2v) is 13.0. The van der Waals surface area contributed by atoms with E-state index in [0.717, 1.165) is 34.2 Å². The smallest absolute Gasteiger partial charge is 0.252 e. The van der Waals surface area contributed by atoms with Crippen LogP contribution in [-0.4, -0.2) is 32.2 Å². The Hall–Kier alpha value is -5.86. The molecule has 5 aromatic rings. The van der Waals surface area contributed by atoms with Gasteiger partial charge in [0.05, 0.1) is 35.7 Å². The number of nitrogens with two attached hydrogens (primary N) is 1. The molecule has 0 bridgehead atoms. The zero-order valence-corrected chi connectivity index (χ0v) is 27.4. The van der Waals surface area contributed by atoms with Gasteiger partial charge in [-0.2, -0.15) is 5.26 Å². The molecule has 11 heteroatoms. The minimum Gasteiger partial charge on any atom is -0.493 e. The molecule has 0 radical (unpaired) electrons. The van der Waals surface area contributed by atoms with Crippen LogP contribution in [0.15, 0.2) is 109 Å². The van der Waals surface area contributed by atoms with E-state index in [9.17, 15) is 18.5 Å². The molecule has 0 spiro atoms. The highest BCUT2D eigenvalue weighted by atomic mass is 32.2. The molecule has 0 aliphatic heterocycles. The summed E-state index contributed by atoms with van der Waals surface area (Å²) in [6, 6.07) is 31.2. The first-order valence-corrected chi connectivity index (χ1v) is 17.0. The van der Waals surface area contributed by atoms with E-state index in [2.05, 4.69) is 20.7 Å². The molecule has 0 aliphatic rings. The highest BCUT2D eigenvalue weighted by molar-refractivity contribution is 7.92. The molecule has 1 aromatic heterocycles. The van der Waals surface area contributed by atoms with E-state index >= 15 is 0 Å². The molecule has 0 fully saturated rings. The van der Waals surface area contributed by atoms with Crippen molar-refractivity contribution in [1.29, 1.82) is 5.26 Å². The number of hydrogen-bond acceptors (Lipinski definition) is 8. The Morgan fingerprint density at radius 1 is 0.917 bits per heavy atom. The first-order chi connectivity index (χ1) is 23.1. The maximum atomic E-state index is 12.2. The molecular formula is C37H35N5O5S. The molecule has 4 aromatic carbocycles. The topological polar surface area (TPSA) is 148 Å². The second kappa shape index (κ2) is 15.2. The van der Waals surface area contributed by atoms with Gasteiger partial charge in [-0.05, 0) is 83.8 Å². The number of carbonyl (C=O) groups excluding carboxylic acids is 1. The van der Waals surface area contributed by atoms with E-state index in [4.69, 9.17) is 15.2 Å². The Bertz CT molecular complexity index is 2030. The standard InChI is InChI=1S/C37H35N5O5S/c1-26-34(41-48(2,44)45)6-3-7-35(26)42(24-29-10-8-27(22-38)9-11-29)25-30-12-14-31(15-13-30)47-36-21-32(16-17-33(36)37(39)43)46-20-18-28-5-4-19-40-23-28/h3-17,19,21,23,41H,18,20,24-25H2,1-2H3,(H2,39,43). The lowest BCUT2D eigenvalue weighted by Gasteiger charge is -2.28. The lowest BCUT2D eigenvalue weighted by atomic mass is 10.1. The van der Waals surface area contributed by atoms with Gasteiger partial charge in [-0.25, -0.2) is 8.42 Å². The summed E-state index contributed by atoms with van der Waals surface area (Å²) in [5.74, 6) is 0.701. The highest BCUT2D eigenvalue weighted by Crippen LogP contribution is 2.32. The van der Waals surface area contributed by atoms with Crippen molar-refractivity contribution in [2.45, 2.75) is 26.4 Å². The van der Waals surface area contributed by atoms with Crippen molar-refractivity contribution in [2.24, 2.45) is 5.73 Å². The third-order valence-electron chi connectivity index (χ3n) is 7.52. The van der Waals surface area contributed by atoms with Crippen molar-refractivity contribution in [3.63, 3.8) is 0 Å². The van der Waals surface area contributed by atoms with Crippen LogP contribution in [0.25, 0.3) is 0 Å². The summed E-state index contributed by atoms with van der Waals surface area (Å²) in [5.41, 5.74) is 11.5. The molecule has 1 heterocycles. The first-order valence-electron chi connectivity index (χ1n) is 15.1. The van der Waals surface area contributed by atoms with Gasteiger partial charge in [0.2, 0.25) is 10.0 Å². The number of rotatable bonds is 14. The number of nitrogens with one attached hydrogen (secondary N) is 1. The highest BCUT2D eigenvalue weighted by Gasteiger charge is 2.16. The molecule has 0 saturated carbocycles. The summed E-state index contributed by atoms with van der Waals surface area (Å²) in [4.78, 5) is 18.4. The normalized spacial score (nSPS) is 10.9. The lowest BCUT2D eigenvalue weighted by molar-refractivity contribution is 0.0998. The Morgan fingerprint density at radius 2 is 1.60 bits per heavy atom. The number of pyridine rings is 1. The van der Waals surface area contributed by atoms with Gasteiger partial charge >= 0.3 is 0 Å². The van der Waals surface area contributed by atoms with E-state index in [1.54, 1.807) is 48.8 Å². The van der Waals surface area contributed by atoms with Crippen molar-refractivity contribution in [1.82, 2.24) is 4.98 Å². The molecule has 0 aliphatic carbocycles. The van der Waals surface area contributed by atoms with Crippen molar-refractivity contribution < 1.29 is 22.7 Å². The van der Waals surface area contributed by atoms with Crippen LogP contribution in [0, 0.1) is 18.3 Å². The van der Waals surface area contributed by atoms with Crippen LogP contribution in [0.3, 0.4) is 0 Å². The Labute approximate surface area is 280 Å². The molecule has 0 saturated heterocycles. The number of hydrogen-bond donors (Lipinski definition) is 2. The molecular weight excluding hydrogens is 627 g/mol. The number of aromatic nitrogens is 1. The molecule has 0 unspecified atom stereocenters. The van der Waals surface area contributed by atoms with Crippen LogP contribution in [0.2, 0.25) is 0 Å². The number of benzene rings is 4. The summed E-state index contributed by atoms with van der Waals surface area (Å²) in [7, 11) is -3.48. The number of carbonyl (C=O) groups is 1. The molecule has 1 amide bonds. The van der Waals surface area contributed by atoms with Gasteiger partial charge in [0.15, 0.2) is 0 Å². The van der Waals surface area contributed by atoms with E-state index in [-0.39, 0.29) is 11.3 Å². The van der Waals surface area contributed by atoms with E-state index in [1.807, 2.05) is 67.6 Å². The van der Waals surface area contributed by atoms with E-state index < -0.39 is 15.9 Å². The molecule has 3 N–H and O–H groups in total. The Kier molecular flexibility index (Phi) is 10.6. The maximum absolute atomic E-state index is 12.2. The summed E-state index contributed by atoms with van der Waals surface area (Å²) >= 11 is 0. The van der Waals surface area contributed by atoms with Crippen LogP contribution in [-0.2, 0) is 29.5 Å². The van der Waals surface area contributed by atoms with Gasteiger partial charge in [-0.15, -0.1) is 0 Å². The number of nitriles is 1. The summed E-state index contributed by atoms with van der Waals surface area (Å²) < 4.78 is 38.7. The van der Waals surface area contributed by atoms with Gasteiger partial charge in [0.25, 0.3) is 5.91 Å². The third kappa shape index (κ3) is 9.11. The quantitative estimate of drug-likeness (QED) is 0.140. The average molecular weight is 662 g/mol. The fourth-order valence-corrected chi connectivity index (χ4v) is 5.75.